The molecule has 0 amide bonds. The van der Waals surface area contributed by atoms with Crippen molar-refractivity contribution in [2.24, 2.45) is 0 Å². The van der Waals surface area contributed by atoms with Crippen molar-refractivity contribution in [2.75, 3.05) is 32.6 Å². The first-order valence-electron chi connectivity index (χ1n) is 6.48. The van der Waals surface area contributed by atoms with Crippen LogP contribution in [-0.2, 0) is 0 Å². The average molecular weight is 269 g/mol. The number of benzene rings is 1. The largest absolute Gasteiger partial charge is 0.495 e. The smallest absolute Gasteiger partial charge is 0.142 e. The van der Waals surface area contributed by atoms with E-state index in [0.717, 1.165) is 23.0 Å². The summed E-state index contributed by atoms with van der Waals surface area (Å²) >= 11 is 6.02. The molecule has 1 aliphatic heterocycles. The maximum absolute atomic E-state index is 6.02. The fourth-order valence-corrected chi connectivity index (χ4v) is 2.62. The first-order chi connectivity index (χ1) is 8.70. The van der Waals surface area contributed by atoms with E-state index in [1.165, 1.54) is 25.8 Å². The predicted molar refractivity (Wildman–Crippen MR) is 76.8 cm³/mol. The summed E-state index contributed by atoms with van der Waals surface area (Å²) in [6.45, 7) is 2.13. The van der Waals surface area contributed by atoms with Crippen molar-refractivity contribution in [3.63, 3.8) is 0 Å². The van der Waals surface area contributed by atoms with Gasteiger partial charge in [-0.05, 0) is 44.6 Å². The van der Waals surface area contributed by atoms with E-state index < -0.39 is 0 Å². The average Bonchev–Trinajstić information content (AvgIpc) is 2.38. The molecule has 0 radical (unpaired) electrons. The lowest BCUT2D eigenvalue weighted by atomic mass is 10.0. The van der Waals surface area contributed by atoms with Crippen LogP contribution in [-0.4, -0.2) is 38.2 Å². The van der Waals surface area contributed by atoms with Crippen LogP contribution in [0.5, 0.6) is 5.75 Å². The Kier molecular flexibility index (Phi) is 4.72. The molecule has 1 fully saturated rings. The van der Waals surface area contributed by atoms with Crippen LogP contribution in [0.4, 0.5) is 5.69 Å². The molecule has 2 rings (SSSR count). The normalized spacial score (nSPS) is 20.7. The van der Waals surface area contributed by atoms with Gasteiger partial charge in [0.15, 0.2) is 0 Å². The van der Waals surface area contributed by atoms with Gasteiger partial charge in [-0.25, -0.2) is 0 Å². The van der Waals surface area contributed by atoms with E-state index in [1.54, 1.807) is 7.11 Å². The van der Waals surface area contributed by atoms with Crippen molar-refractivity contribution in [2.45, 2.75) is 25.3 Å². The molecule has 100 valence electrons. The van der Waals surface area contributed by atoms with Crippen LogP contribution in [0.25, 0.3) is 0 Å². The van der Waals surface area contributed by atoms with Gasteiger partial charge in [0.2, 0.25) is 0 Å². The molecule has 1 heterocycles. The van der Waals surface area contributed by atoms with Crippen molar-refractivity contribution < 1.29 is 4.74 Å². The van der Waals surface area contributed by atoms with E-state index in [9.17, 15) is 0 Å². The van der Waals surface area contributed by atoms with Gasteiger partial charge in [-0.3, -0.25) is 0 Å². The zero-order valence-corrected chi connectivity index (χ0v) is 11.8. The Morgan fingerprint density at radius 3 is 3.00 bits per heavy atom. The summed E-state index contributed by atoms with van der Waals surface area (Å²) in [7, 11) is 3.88. The van der Waals surface area contributed by atoms with Crippen LogP contribution >= 0.6 is 11.6 Å². The van der Waals surface area contributed by atoms with Gasteiger partial charge in [0.25, 0.3) is 0 Å². The third-order valence-corrected chi connectivity index (χ3v) is 3.85. The Labute approximate surface area is 114 Å². The molecule has 1 N–H and O–H groups in total. The maximum atomic E-state index is 6.02. The number of hydrogen-bond donors (Lipinski definition) is 1. The molecular weight excluding hydrogens is 248 g/mol. The molecule has 18 heavy (non-hydrogen) atoms. The van der Waals surface area contributed by atoms with Crippen molar-refractivity contribution in [1.82, 2.24) is 4.90 Å². The van der Waals surface area contributed by atoms with Gasteiger partial charge in [-0.2, -0.15) is 0 Å². The van der Waals surface area contributed by atoms with Crippen molar-refractivity contribution in [1.29, 1.82) is 0 Å². The first kappa shape index (κ1) is 13.5. The summed E-state index contributed by atoms with van der Waals surface area (Å²) in [4.78, 5) is 2.42. The highest BCUT2D eigenvalue weighted by Gasteiger charge is 2.18. The number of nitrogens with zero attached hydrogens (tertiary/aromatic N) is 1. The van der Waals surface area contributed by atoms with E-state index in [0.29, 0.717) is 6.04 Å². The van der Waals surface area contributed by atoms with E-state index in [2.05, 4.69) is 17.3 Å². The molecule has 1 unspecified atom stereocenters. The van der Waals surface area contributed by atoms with Crippen LogP contribution in [0.1, 0.15) is 19.3 Å². The minimum Gasteiger partial charge on any atom is -0.495 e. The van der Waals surface area contributed by atoms with Crippen molar-refractivity contribution in [3.8, 4) is 5.75 Å². The number of halogens is 1. The maximum Gasteiger partial charge on any atom is 0.142 e. The van der Waals surface area contributed by atoms with E-state index in [4.69, 9.17) is 16.3 Å². The van der Waals surface area contributed by atoms with Crippen LogP contribution in [0.2, 0.25) is 5.02 Å². The zero-order chi connectivity index (χ0) is 13.0. The van der Waals surface area contributed by atoms with Gasteiger partial charge < -0.3 is 15.0 Å². The van der Waals surface area contributed by atoms with Crippen molar-refractivity contribution >= 4 is 17.3 Å². The van der Waals surface area contributed by atoms with E-state index >= 15 is 0 Å². The molecule has 4 heteroatoms. The summed E-state index contributed by atoms with van der Waals surface area (Å²) in [6, 6.07) is 6.26. The molecule has 0 aliphatic carbocycles. The predicted octanol–water partition coefficient (Wildman–Crippen LogP) is 3.24. The summed E-state index contributed by atoms with van der Waals surface area (Å²) in [5.74, 6) is 0.845. The lowest BCUT2D eigenvalue weighted by molar-refractivity contribution is 0.194. The van der Waals surface area contributed by atoms with E-state index in [-0.39, 0.29) is 0 Å². The fourth-order valence-electron chi connectivity index (χ4n) is 2.45. The van der Waals surface area contributed by atoms with E-state index in [1.807, 2.05) is 18.2 Å². The Morgan fingerprint density at radius 2 is 2.28 bits per heavy atom. The molecule has 0 spiro atoms. The molecule has 1 aliphatic rings. The van der Waals surface area contributed by atoms with Crippen LogP contribution in [0, 0.1) is 0 Å². The van der Waals surface area contributed by atoms with Crippen LogP contribution in [0.3, 0.4) is 0 Å². The quantitative estimate of drug-likeness (QED) is 0.907. The molecule has 1 atom stereocenters. The fraction of sp³-hybridized carbons (Fsp3) is 0.571. The minimum absolute atomic E-state index is 0.599. The molecule has 1 saturated heterocycles. The lowest BCUT2D eigenvalue weighted by Gasteiger charge is -2.32. The molecular formula is C14H21ClN2O. The Bertz CT molecular complexity index is 397. The molecule has 1 aromatic carbocycles. The van der Waals surface area contributed by atoms with Gasteiger partial charge >= 0.3 is 0 Å². The monoisotopic (exact) mass is 268 g/mol. The zero-order valence-electron chi connectivity index (χ0n) is 11.1. The minimum atomic E-state index is 0.599. The molecule has 3 nitrogen and oxygen atoms in total. The van der Waals surface area contributed by atoms with Gasteiger partial charge in [0.1, 0.15) is 5.75 Å². The summed E-state index contributed by atoms with van der Waals surface area (Å²) in [5, 5.41) is 4.19. The number of piperidine rings is 1. The third kappa shape index (κ3) is 3.30. The summed E-state index contributed by atoms with van der Waals surface area (Å²) < 4.78 is 5.33. The second-order valence-electron chi connectivity index (χ2n) is 4.86. The van der Waals surface area contributed by atoms with Crippen LogP contribution < -0.4 is 10.1 Å². The molecule has 0 aromatic heterocycles. The Balaban J connectivity index is 1.98. The number of nitrogens with one attached hydrogen (secondary N) is 1. The van der Waals surface area contributed by atoms with Crippen LogP contribution in [0.15, 0.2) is 18.2 Å². The topological polar surface area (TPSA) is 24.5 Å². The summed E-state index contributed by atoms with van der Waals surface area (Å²) in [6.07, 6.45) is 3.89. The second-order valence-corrected chi connectivity index (χ2v) is 5.29. The van der Waals surface area contributed by atoms with Gasteiger partial charge in [-0.1, -0.05) is 18.0 Å². The second kappa shape index (κ2) is 6.30. The third-order valence-electron chi connectivity index (χ3n) is 3.61. The highest BCUT2D eigenvalue weighted by Crippen LogP contribution is 2.28. The molecule has 0 bridgehead atoms. The highest BCUT2D eigenvalue weighted by molar-refractivity contribution is 6.30. The standard InChI is InChI=1S/C14H21ClN2O/c1-17-8-4-3-5-12(17)10-16-13-9-11(15)6-7-14(13)18-2/h6-7,9,12,16H,3-5,8,10H2,1-2H3. The number of anilines is 1. The van der Waals surface area contributed by atoms with Gasteiger partial charge in [0.05, 0.1) is 12.8 Å². The number of methoxy groups -OCH3 is 1. The molecule has 1 aromatic rings. The van der Waals surface area contributed by atoms with Gasteiger partial charge in [0, 0.05) is 17.6 Å². The van der Waals surface area contributed by atoms with Gasteiger partial charge in [-0.15, -0.1) is 0 Å². The lowest BCUT2D eigenvalue weighted by Crippen LogP contribution is -2.40. The van der Waals surface area contributed by atoms with Crippen molar-refractivity contribution in [3.05, 3.63) is 23.2 Å². The first-order valence-corrected chi connectivity index (χ1v) is 6.86. The Hall–Kier alpha value is -0.930. The number of rotatable bonds is 4. The number of likely N-dealkylation sites (tertiary alicyclic amines) is 1. The number of likely N-dealkylation sites (N-methyl/N-ethyl adjacent to an activating group) is 1. The number of ether oxygens (including phenoxy) is 1. The summed E-state index contributed by atoms with van der Waals surface area (Å²) in [5.41, 5.74) is 0.976. The number of hydrogen-bond acceptors (Lipinski definition) is 3. The Morgan fingerprint density at radius 1 is 1.44 bits per heavy atom. The molecule has 0 saturated carbocycles. The highest BCUT2D eigenvalue weighted by atomic mass is 35.5. The SMILES string of the molecule is COc1ccc(Cl)cc1NCC1CCCCN1C.